The maximum atomic E-state index is 12.4. The van der Waals surface area contributed by atoms with E-state index in [1.54, 1.807) is 11.8 Å². The summed E-state index contributed by atoms with van der Waals surface area (Å²) in [5.41, 5.74) is 1.03. The topological polar surface area (TPSA) is 83.4 Å². The number of carboxylic acids is 1. The molecule has 1 rings (SSSR count). The Bertz CT molecular complexity index is 460. The highest BCUT2D eigenvalue weighted by Crippen LogP contribution is 2.10. The monoisotopic (exact) mass is 265 g/mol. The van der Waals surface area contributed by atoms with E-state index in [0.29, 0.717) is 17.8 Å². The molecule has 6 nitrogen and oxygen atoms in total. The van der Waals surface area contributed by atoms with E-state index in [-0.39, 0.29) is 24.8 Å². The predicted octanol–water partition coefficient (Wildman–Crippen LogP) is 1.36. The molecule has 1 N–H and O–H groups in total. The fourth-order valence-electron chi connectivity index (χ4n) is 1.72. The van der Waals surface area contributed by atoms with Gasteiger partial charge in [0.05, 0.1) is 17.7 Å². The Labute approximate surface area is 112 Å². The van der Waals surface area contributed by atoms with E-state index >= 15 is 0 Å². The highest BCUT2D eigenvalue weighted by molar-refractivity contribution is 5.95. The Hall–Kier alpha value is -1.98. The van der Waals surface area contributed by atoms with Crippen LogP contribution in [0.15, 0.2) is 12.5 Å². The second-order valence-electron chi connectivity index (χ2n) is 4.81. The molecule has 0 aromatic carbocycles. The summed E-state index contributed by atoms with van der Waals surface area (Å²) >= 11 is 0. The van der Waals surface area contributed by atoms with Crippen LogP contribution >= 0.6 is 0 Å². The summed E-state index contributed by atoms with van der Waals surface area (Å²) < 4.78 is 0. The number of carbonyl (C=O) groups excluding carboxylic acids is 1. The number of rotatable bonds is 6. The molecule has 0 saturated carbocycles. The molecule has 104 valence electrons. The van der Waals surface area contributed by atoms with Gasteiger partial charge in [0.15, 0.2) is 0 Å². The summed E-state index contributed by atoms with van der Waals surface area (Å²) in [4.78, 5) is 32.4. The fourth-order valence-corrected chi connectivity index (χ4v) is 1.72. The van der Waals surface area contributed by atoms with Crippen LogP contribution in [0.25, 0.3) is 0 Å². The number of hydrogen-bond donors (Lipinski definition) is 1. The Morgan fingerprint density at radius 1 is 1.42 bits per heavy atom. The average Bonchev–Trinajstić information content (AvgIpc) is 2.33. The number of aromatic nitrogens is 2. The minimum Gasteiger partial charge on any atom is -0.481 e. The molecule has 6 heteroatoms. The van der Waals surface area contributed by atoms with Gasteiger partial charge in [-0.15, -0.1) is 0 Å². The lowest BCUT2D eigenvalue weighted by atomic mass is 10.1. The third kappa shape index (κ3) is 4.65. The van der Waals surface area contributed by atoms with Crippen molar-refractivity contribution in [3.05, 3.63) is 23.8 Å². The standard InChI is InChI=1S/C13H19N3O3/c1-9(2)7-16(5-4-12(17)18)13(19)11-6-14-8-15-10(11)3/h6,8-9H,4-5,7H2,1-3H3,(H,17,18). The van der Waals surface area contributed by atoms with Crippen molar-refractivity contribution in [3.8, 4) is 0 Å². The molecule has 0 atom stereocenters. The smallest absolute Gasteiger partial charge is 0.305 e. The number of hydrogen-bond acceptors (Lipinski definition) is 4. The Morgan fingerprint density at radius 2 is 2.11 bits per heavy atom. The molecule has 1 amide bonds. The molecule has 0 unspecified atom stereocenters. The van der Waals surface area contributed by atoms with Crippen molar-refractivity contribution in [2.45, 2.75) is 27.2 Å². The van der Waals surface area contributed by atoms with Crippen molar-refractivity contribution in [3.63, 3.8) is 0 Å². The lowest BCUT2D eigenvalue weighted by molar-refractivity contribution is -0.137. The Balaban J connectivity index is 2.87. The number of carbonyl (C=O) groups is 2. The number of aliphatic carboxylic acids is 1. The molecule has 0 fully saturated rings. The van der Waals surface area contributed by atoms with E-state index in [1.165, 1.54) is 12.5 Å². The summed E-state index contributed by atoms with van der Waals surface area (Å²) in [5.74, 6) is -0.863. The van der Waals surface area contributed by atoms with Gasteiger partial charge in [-0.25, -0.2) is 9.97 Å². The highest BCUT2D eigenvalue weighted by Gasteiger charge is 2.20. The normalized spacial score (nSPS) is 10.5. The SMILES string of the molecule is Cc1ncncc1C(=O)N(CCC(=O)O)CC(C)C. The van der Waals surface area contributed by atoms with Crippen molar-refractivity contribution in [2.24, 2.45) is 5.92 Å². The predicted molar refractivity (Wildman–Crippen MR) is 69.8 cm³/mol. The van der Waals surface area contributed by atoms with Gasteiger partial charge in [0, 0.05) is 19.3 Å². The molecular weight excluding hydrogens is 246 g/mol. The first-order valence-corrected chi connectivity index (χ1v) is 6.19. The molecule has 0 radical (unpaired) electrons. The lowest BCUT2D eigenvalue weighted by Gasteiger charge is -2.24. The van der Waals surface area contributed by atoms with Gasteiger partial charge >= 0.3 is 5.97 Å². The van der Waals surface area contributed by atoms with Crippen LogP contribution in [0.1, 0.15) is 36.3 Å². The van der Waals surface area contributed by atoms with Gasteiger partial charge in [-0.05, 0) is 12.8 Å². The van der Waals surface area contributed by atoms with Crippen molar-refractivity contribution in [1.82, 2.24) is 14.9 Å². The van der Waals surface area contributed by atoms with Crippen LogP contribution in [-0.4, -0.2) is 44.9 Å². The molecule has 0 aliphatic rings. The van der Waals surface area contributed by atoms with Gasteiger partial charge in [0.2, 0.25) is 0 Å². The van der Waals surface area contributed by atoms with Gasteiger partial charge in [-0.3, -0.25) is 9.59 Å². The maximum absolute atomic E-state index is 12.4. The first kappa shape index (κ1) is 15.1. The largest absolute Gasteiger partial charge is 0.481 e. The minimum atomic E-state index is -0.914. The summed E-state index contributed by atoms with van der Waals surface area (Å²) in [6, 6.07) is 0. The zero-order valence-electron chi connectivity index (χ0n) is 11.5. The van der Waals surface area contributed by atoms with Crippen molar-refractivity contribution in [2.75, 3.05) is 13.1 Å². The second-order valence-corrected chi connectivity index (χ2v) is 4.81. The van der Waals surface area contributed by atoms with Crippen LogP contribution < -0.4 is 0 Å². The van der Waals surface area contributed by atoms with Crippen LogP contribution in [0, 0.1) is 12.8 Å². The van der Waals surface area contributed by atoms with Gasteiger partial charge in [-0.2, -0.15) is 0 Å². The number of carboxylic acid groups (broad SMARTS) is 1. The van der Waals surface area contributed by atoms with Gasteiger partial charge in [-0.1, -0.05) is 13.8 Å². The maximum Gasteiger partial charge on any atom is 0.305 e. The Kier molecular flexibility index (Phi) is 5.41. The van der Waals surface area contributed by atoms with E-state index in [2.05, 4.69) is 9.97 Å². The highest BCUT2D eigenvalue weighted by atomic mass is 16.4. The van der Waals surface area contributed by atoms with Crippen LogP contribution in [0.5, 0.6) is 0 Å². The number of nitrogens with zero attached hydrogens (tertiary/aromatic N) is 3. The van der Waals surface area contributed by atoms with Crippen molar-refractivity contribution < 1.29 is 14.7 Å². The fraction of sp³-hybridized carbons (Fsp3) is 0.538. The third-order valence-electron chi connectivity index (χ3n) is 2.61. The van der Waals surface area contributed by atoms with Crippen LogP contribution in [0.2, 0.25) is 0 Å². The quantitative estimate of drug-likeness (QED) is 0.839. The summed E-state index contributed by atoms with van der Waals surface area (Å²) in [6.45, 7) is 6.41. The van der Waals surface area contributed by atoms with Crippen LogP contribution in [-0.2, 0) is 4.79 Å². The van der Waals surface area contributed by atoms with Gasteiger partial charge < -0.3 is 10.0 Å². The lowest BCUT2D eigenvalue weighted by Crippen LogP contribution is -2.36. The van der Waals surface area contributed by atoms with E-state index in [4.69, 9.17) is 5.11 Å². The molecule has 1 aromatic heterocycles. The van der Waals surface area contributed by atoms with Gasteiger partial charge in [0.25, 0.3) is 5.91 Å². The van der Waals surface area contributed by atoms with E-state index in [9.17, 15) is 9.59 Å². The zero-order valence-corrected chi connectivity index (χ0v) is 11.5. The molecule has 0 aliphatic carbocycles. The third-order valence-corrected chi connectivity index (χ3v) is 2.61. The van der Waals surface area contributed by atoms with E-state index in [0.717, 1.165) is 0 Å². The van der Waals surface area contributed by atoms with Crippen molar-refractivity contribution >= 4 is 11.9 Å². The van der Waals surface area contributed by atoms with Crippen LogP contribution in [0.4, 0.5) is 0 Å². The number of amides is 1. The van der Waals surface area contributed by atoms with Crippen LogP contribution in [0.3, 0.4) is 0 Å². The molecule has 19 heavy (non-hydrogen) atoms. The zero-order chi connectivity index (χ0) is 14.4. The van der Waals surface area contributed by atoms with E-state index < -0.39 is 5.97 Å². The molecule has 0 spiro atoms. The molecule has 1 aromatic rings. The number of aryl methyl sites for hydroxylation is 1. The summed E-state index contributed by atoms with van der Waals surface area (Å²) in [6.07, 6.45) is 2.79. The summed E-state index contributed by atoms with van der Waals surface area (Å²) in [7, 11) is 0. The minimum absolute atomic E-state index is 0.0643. The van der Waals surface area contributed by atoms with Gasteiger partial charge in [0.1, 0.15) is 6.33 Å². The molecule has 0 aliphatic heterocycles. The van der Waals surface area contributed by atoms with Crippen molar-refractivity contribution in [1.29, 1.82) is 0 Å². The molecule has 0 bridgehead atoms. The second kappa shape index (κ2) is 6.82. The first-order chi connectivity index (χ1) is 8.91. The molecule has 1 heterocycles. The van der Waals surface area contributed by atoms with E-state index in [1.807, 2.05) is 13.8 Å². The molecular formula is C13H19N3O3. The summed E-state index contributed by atoms with van der Waals surface area (Å²) in [5, 5.41) is 8.74. The first-order valence-electron chi connectivity index (χ1n) is 6.19. The average molecular weight is 265 g/mol. The molecule has 0 saturated heterocycles. The Morgan fingerprint density at radius 3 is 2.63 bits per heavy atom.